The molecule has 0 N–H and O–H groups in total. The van der Waals surface area contributed by atoms with Gasteiger partial charge >= 0.3 is 5.97 Å². The van der Waals surface area contributed by atoms with Gasteiger partial charge in [0.2, 0.25) is 17.7 Å². The highest BCUT2D eigenvalue weighted by atomic mass is 16.5. The van der Waals surface area contributed by atoms with Gasteiger partial charge in [0.15, 0.2) is 0 Å². The number of allylic oxidation sites excluding steroid dienone is 2. The van der Waals surface area contributed by atoms with Gasteiger partial charge in [0, 0.05) is 18.7 Å². The number of anilines is 2. The molecule has 0 bridgehead atoms. The van der Waals surface area contributed by atoms with Crippen LogP contribution in [-0.2, 0) is 19.2 Å². The van der Waals surface area contributed by atoms with Crippen molar-refractivity contribution in [1.82, 2.24) is 0 Å². The zero-order chi connectivity index (χ0) is 24.0. The first-order chi connectivity index (χ1) is 16.3. The largest absolute Gasteiger partial charge is 0.426 e. The first-order valence-electron chi connectivity index (χ1n) is 11.5. The lowest BCUT2D eigenvalue weighted by molar-refractivity contribution is -0.139. The van der Waals surface area contributed by atoms with E-state index in [0.717, 1.165) is 16.8 Å². The number of hydrogen-bond acceptors (Lipinski definition) is 5. The lowest BCUT2D eigenvalue weighted by Gasteiger charge is -2.18. The van der Waals surface area contributed by atoms with Gasteiger partial charge in [-0.3, -0.25) is 24.1 Å². The third-order valence-electron chi connectivity index (χ3n) is 6.94. The number of esters is 1. The van der Waals surface area contributed by atoms with Crippen molar-refractivity contribution in [3.8, 4) is 5.75 Å². The summed E-state index contributed by atoms with van der Waals surface area (Å²) in [5, 5.41) is 0. The number of amides is 3. The van der Waals surface area contributed by atoms with Crippen LogP contribution in [0.3, 0.4) is 0 Å². The Labute approximate surface area is 198 Å². The molecule has 3 atom stereocenters. The number of aryl methyl sites for hydroxylation is 1. The molecule has 0 spiro atoms. The Morgan fingerprint density at radius 1 is 0.853 bits per heavy atom. The molecule has 2 aliphatic heterocycles. The Kier molecular flexibility index (Phi) is 5.55. The van der Waals surface area contributed by atoms with Crippen molar-refractivity contribution in [2.75, 3.05) is 16.3 Å². The predicted molar refractivity (Wildman–Crippen MR) is 126 cm³/mol. The Hall–Kier alpha value is -3.74. The lowest BCUT2D eigenvalue weighted by Crippen LogP contribution is -2.30. The van der Waals surface area contributed by atoms with E-state index in [2.05, 4.69) is 0 Å². The summed E-state index contributed by atoms with van der Waals surface area (Å²) >= 11 is 0. The lowest BCUT2D eigenvalue weighted by atomic mass is 9.82. The molecule has 7 heteroatoms. The summed E-state index contributed by atoms with van der Waals surface area (Å²) in [6.45, 7) is 4.23. The standard InChI is InChI=1S/C27H26N2O5/c1-16-3-6-19(7-4-16)28-15-18(14-24(28)30)27(33)34-21-10-8-20(9-11-21)29-25(31)22-12-5-17(2)13-23(22)26(29)32/h3-11,18,22-23H,12-15H2,1-2H3/t18-,22+,23+/m1/s1. The van der Waals surface area contributed by atoms with Crippen molar-refractivity contribution in [1.29, 1.82) is 0 Å². The molecule has 1 aliphatic carbocycles. The van der Waals surface area contributed by atoms with Gasteiger partial charge in [0.1, 0.15) is 5.75 Å². The molecule has 0 radical (unpaired) electrons. The van der Waals surface area contributed by atoms with Crippen LogP contribution in [0.5, 0.6) is 5.75 Å². The molecule has 7 nitrogen and oxygen atoms in total. The first-order valence-corrected chi connectivity index (χ1v) is 11.5. The van der Waals surface area contributed by atoms with Crippen LogP contribution in [0.1, 0.15) is 31.7 Å². The normalized spacial score (nSPS) is 24.4. The van der Waals surface area contributed by atoms with Crippen molar-refractivity contribution in [3.63, 3.8) is 0 Å². The van der Waals surface area contributed by atoms with E-state index in [1.165, 1.54) is 4.90 Å². The Bertz CT molecular complexity index is 1200. The van der Waals surface area contributed by atoms with E-state index in [1.807, 2.05) is 44.2 Å². The summed E-state index contributed by atoms with van der Waals surface area (Å²) in [6.07, 6.45) is 3.33. The molecule has 174 valence electrons. The van der Waals surface area contributed by atoms with Gasteiger partial charge < -0.3 is 9.64 Å². The fourth-order valence-corrected chi connectivity index (χ4v) is 4.99. The van der Waals surface area contributed by atoms with Crippen molar-refractivity contribution in [3.05, 3.63) is 65.7 Å². The molecule has 34 heavy (non-hydrogen) atoms. The van der Waals surface area contributed by atoms with Crippen LogP contribution in [0.2, 0.25) is 0 Å². The summed E-state index contributed by atoms with van der Waals surface area (Å²) in [5.74, 6) is -1.79. The number of imide groups is 1. The fraction of sp³-hybridized carbons (Fsp3) is 0.333. The van der Waals surface area contributed by atoms with E-state index in [1.54, 1.807) is 29.2 Å². The topological polar surface area (TPSA) is 84.0 Å². The fourth-order valence-electron chi connectivity index (χ4n) is 4.99. The third-order valence-corrected chi connectivity index (χ3v) is 6.94. The molecule has 2 aromatic carbocycles. The van der Waals surface area contributed by atoms with Gasteiger partial charge in [-0.15, -0.1) is 0 Å². The van der Waals surface area contributed by atoms with Gasteiger partial charge in [-0.1, -0.05) is 29.3 Å². The maximum Gasteiger partial charge on any atom is 0.316 e. The van der Waals surface area contributed by atoms with E-state index in [0.29, 0.717) is 24.3 Å². The SMILES string of the molecule is CC1=CC[C@@H]2C(=O)N(c3ccc(OC(=O)[C@@H]4CC(=O)N(c5ccc(C)cc5)C4)cc3)C(=O)[C@H]2C1. The van der Waals surface area contributed by atoms with Crippen LogP contribution in [0, 0.1) is 24.7 Å². The van der Waals surface area contributed by atoms with Crippen molar-refractivity contribution < 1.29 is 23.9 Å². The van der Waals surface area contributed by atoms with Crippen molar-refractivity contribution in [2.45, 2.75) is 33.1 Å². The molecule has 2 aromatic rings. The third kappa shape index (κ3) is 3.91. The van der Waals surface area contributed by atoms with Gasteiger partial charge in [0.25, 0.3) is 0 Å². The van der Waals surface area contributed by atoms with Crippen LogP contribution in [-0.4, -0.2) is 30.2 Å². The molecule has 0 saturated carbocycles. The average Bonchev–Trinajstić information content (AvgIpc) is 3.32. The van der Waals surface area contributed by atoms with Crippen LogP contribution in [0.25, 0.3) is 0 Å². The minimum atomic E-state index is -0.561. The Morgan fingerprint density at radius 3 is 2.21 bits per heavy atom. The second kappa shape index (κ2) is 8.56. The summed E-state index contributed by atoms with van der Waals surface area (Å²) < 4.78 is 5.52. The van der Waals surface area contributed by atoms with Gasteiger partial charge in [-0.25, -0.2) is 0 Å². The van der Waals surface area contributed by atoms with E-state index >= 15 is 0 Å². The summed E-state index contributed by atoms with van der Waals surface area (Å²) in [4.78, 5) is 53.8. The second-order valence-corrected chi connectivity index (χ2v) is 9.37. The first kappa shape index (κ1) is 22.1. The van der Waals surface area contributed by atoms with E-state index < -0.39 is 11.9 Å². The second-order valence-electron chi connectivity index (χ2n) is 9.37. The number of carbonyl (C=O) groups excluding carboxylic acids is 4. The molecule has 0 aromatic heterocycles. The highest BCUT2D eigenvalue weighted by Crippen LogP contribution is 2.40. The van der Waals surface area contributed by atoms with Crippen LogP contribution in [0.15, 0.2) is 60.2 Å². The van der Waals surface area contributed by atoms with Gasteiger partial charge in [0.05, 0.1) is 23.4 Å². The minimum absolute atomic E-state index is 0.0950. The van der Waals surface area contributed by atoms with E-state index in [-0.39, 0.29) is 42.5 Å². The smallest absolute Gasteiger partial charge is 0.316 e. The maximum atomic E-state index is 12.9. The summed E-state index contributed by atoms with van der Waals surface area (Å²) in [5.41, 5.74) is 3.47. The zero-order valence-corrected chi connectivity index (χ0v) is 19.2. The number of hydrogen-bond donors (Lipinski definition) is 0. The summed E-state index contributed by atoms with van der Waals surface area (Å²) in [6, 6.07) is 14.0. The molecule has 2 fully saturated rings. The summed E-state index contributed by atoms with van der Waals surface area (Å²) in [7, 11) is 0. The Morgan fingerprint density at radius 2 is 1.50 bits per heavy atom. The van der Waals surface area contributed by atoms with Crippen LogP contribution < -0.4 is 14.5 Å². The Balaban J connectivity index is 1.24. The number of fused-ring (bicyclic) bond motifs is 1. The molecular formula is C27H26N2O5. The molecule has 0 unspecified atom stereocenters. The van der Waals surface area contributed by atoms with Gasteiger partial charge in [-0.05, 0) is 63.1 Å². The number of benzene rings is 2. The van der Waals surface area contributed by atoms with E-state index in [4.69, 9.17) is 4.74 Å². The highest BCUT2D eigenvalue weighted by molar-refractivity contribution is 6.22. The average molecular weight is 459 g/mol. The number of nitrogens with zero attached hydrogens (tertiary/aromatic N) is 2. The zero-order valence-electron chi connectivity index (χ0n) is 19.2. The highest BCUT2D eigenvalue weighted by Gasteiger charge is 2.48. The monoisotopic (exact) mass is 458 g/mol. The molecule has 3 amide bonds. The quantitative estimate of drug-likeness (QED) is 0.301. The molecule has 2 saturated heterocycles. The molecule has 3 aliphatic rings. The van der Waals surface area contributed by atoms with Crippen LogP contribution >= 0.6 is 0 Å². The number of carbonyl (C=O) groups is 4. The number of ether oxygens (including phenoxy) is 1. The van der Waals surface area contributed by atoms with E-state index in [9.17, 15) is 19.2 Å². The van der Waals surface area contributed by atoms with Gasteiger partial charge in [-0.2, -0.15) is 0 Å². The number of rotatable bonds is 4. The maximum absolute atomic E-state index is 12.9. The van der Waals surface area contributed by atoms with Crippen molar-refractivity contribution >= 4 is 35.1 Å². The van der Waals surface area contributed by atoms with Crippen molar-refractivity contribution in [2.24, 2.45) is 17.8 Å². The van der Waals surface area contributed by atoms with Crippen LogP contribution in [0.4, 0.5) is 11.4 Å². The molecule has 5 rings (SSSR count). The predicted octanol–water partition coefficient (Wildman–Crippen LogP) is 3.80. The molecular weight excluding hydrogens is 432 g/mol. The minimum Gasteiger partial charge on any atom is -0.426 e. The molecule has 2 heterocycles.